The third kappa shape index (κ3) is 5.17. The number of benzene rings is 1. The molecule has 0 spiro atoms. The molecule has 152 valence electrons. The number of nitrogens with two attached hydrogens (primary N) is 1. The van der Waals surface area contributed by atoms with Gasteiger partial charge < -0.3 is 14.6 Å². The Morgan fingerprint density at radius 1 is 1.21 bits per heavy atom. The Bertz CT molecular complexity index is 964. The molecule has 2 aromatic rings. The van der Waals surface area contributed by atoms with E-state index in [1.807, 2.05) is 13.8 Å². The fraction of sp³-hybridized carbons (Fsp3) is 0.389. The monoisotopic (exact) mass is 409 g/mol. The molecule has 0 aliphatic heterocycles. The number of hydrogen-bond acceptors (Lipinski definition) is 7. The maximum Gasteiger partial charge on any atom is 0.344 e. The highest BCUT2D eigenvalue weighted by atomic mass is 32.2. The van der Waals surface area contributed by atoms with Crippen molar-refractivity contribution >= 4 is 21.9 Å². The summed E-state index contributed by atoms with van der Waals surface area (Å²) in [5.74, 6) is -0.830. The lowest BCUT2D eigenvalue weighted by Crippen LogP contribution is -2.31. The smallest absolute Gasteiger partial charge is 0.344 e. The van der Waals surface area contributed by atoms with Crippen molar-refractivity contribution in [1.29, 1.82) is 0 Å². The standard InChI is InChI=1S/C18H23N3O6S/c1-10(2)17-16(12(4)21-27-17)18(23)26-9-15(22)20-11(3)13-5-7-14(8-6-13)28(19,24)25/h5-8,10-11H,9H2,1-4H3,(H,20,22)(H2,19,24,25)/t11-/m1/s1. The molecule has 0 unspecified atom stereocenters. The third-order valence-electron chi connectivity index (χ3n) is 4.04. The minimum absolute atomic E-state index is 0.0197. The first-order valence-electron chi connectivity index (χ1n) is 8.56. The van der Waals surface area contributed by atoms with Gasteiger partial charge in [-0.2, -0.15) is 0 Å². The van der Waals surface area contributed by atoms with Gasteiger partial charge in [-0.25, -0.2) is 18.4 Å². The van der Waals surface area contributed by atoms with Crippen LogP contribution in [-0.2, 0) is 19.6 Å². The van der Waals surface area contributed by atoms with E-state index in [0.29, 0.717) is 17.0 Å². The van der Waals surface area contributed by atoms with Crippen molar-refractivity contribution in [3.8, 4) is 0 Å². The lowest BCUT2D eigenvalue weighted by atomic mass is 10.1. The van der Waals surface area contributed by atoms with E-state index in [4.69, 9.17) is 14.4 Å². The number of carbonyl (C=O) groups is 2. The van der Waals surface area contributed by atoms with Crippen LogP contribution < -0.4 is 10.5 Å². The Balaban J connectivity index is 1.95. The SMILES string of the molecule is Cc1noc(C(C)C)c1C(=O)OCC(=O)N[C@H](C)c1ccc(S(N)(=O)=O)cc1. The fourth-order valence-corrected chi connectivity index (χ4v) is 3.06. The first-order valence-corrected chi connectivity index (χ1v) is 10.1. The van der Waals surface area contributed by atoms with E-state index >= 15 is 0 Å². The molecule has 0 aliphatic carbocycles. The molecule has 0 bridgehead atoms. The summed E-state index contributed by atoms with van der Waals surface area (Å²) in [6, 6.07) is 5.38. The zero-order valence-corrected chi connectivity index (χ0v) is 16.9. The number of amides is 1. The average Bonchev–Trinajstić information content (AvgIpc) is 3.01. The second-order valence-electron chi connectivity index (χ2n) is 6.64. The van der Waals surface area contributed by atoms with Crippen LogP contribution in [0, 0.1) is 6.92 Å². The average molecular weight is 409 g/mol. The Morgan fingerprint density at radius 3 is 2.36 bits per heavy atom. The molecular formula is C18H23N3O6S. The lowest BCUT2D eigenvalue weighted by Gasteiger charge is -2.15. The van der Waals surface area contributed by atoms with Crippen LogP contribution in [-0.4, -0.2) is 32.1 Å². The van der Waals surface area contributed by atoms with Crippen LogP contribution in [0.4, 0.5) is 0 Å². The number of aryl methyl sites for hydroxylation is 1. The molecule has 28 heavy (non-hydrogen) atoms. The number of hydrogen-bond donors (Lipinski definition) is 2. The third-order valence-corrected chi connectivity index (χ3v) is 4.97. The van der Waals surface area contributed by atoms with Gasteiger partial charge in [0, 0.05) is 5.92 Å². The van der Waals surface area contributed by atoms with Crippen LogP contribution >= 0.6 is 0 Å². The quantitative estimate of drug-likeness (QED) is 0.664. The number of carbonyl (C=O) groups excluding carboxylic acids is 2. The van der Waals surface area contributed by atoms with Gasteiger partial charge in [-0.15, -0.1) is 0 Å². The van der Waals surface area contributed by atoms with Crippen LogP contribution in [0.1, 0.15) is 60.1 Å². The summed E-state index contributed by atoms with van der Waals surface area (Å²) in [4.78, 5) is 24.3. The minimum atomic E-state index is -3.78. The summed E-state index contributed by atoms with van der Waals surface area (Å²) in [7, 11) is -3.78. The predicted molar refractivity (Wildman–Crippen MR) is 100.0 cm³/mol. The van der Waals surface area contributed by atoms with Crippen molar-refractivity contribution < 1.29 is 27.3 Å². The van der Waals surface area contributed by atoms with Crippen molar-refractivity contribution in [2.45, 2.75) is 44.6 Å². The zero-order valence-electron chi connectivity index (χ0n) is 16.1. The van der Waals surface area contributed by atoms with Gasteiger partial charge >= 0.3 is 5.97 Å². The van der Waals surface area contributed by atoms with E-state index < -0.39 is 34.5 Å². The molecule has 2 rings (SSSR count). The molecule has 1 aromatic heterocycles. The number of aromatic nitrogens is 1. The van der Waals surface area contributed by atoms with Crippen LogP contribution in [0.25, 0.3) is 0 Å². The van der Waals surface area contributed by atoms with Crippen LogP contribution in [0.2, 0.25) is 0 Å². The molecular weight excluding hydrogens is 386 g/mol. The largest absolute Gasteiger partial charge is 0.452 e. The first-order chi connectivity index (χ1) is 13.0. The van der Waals surface area contributed by atoms with E-state index in [0.717, 1.165) is 0 Å². The number of primary sulfonamides is 1. The van der Waals surface area contributed by atoms with Crippen molar-refractivity contribution in [2.24, 2.45) is 5.14 Å². The maximum atomic E-state index is 12.3. The van der Waals surface area contributed by atoms with Gasteiger partial charge in [0.2, 0.25) is 10.0 Å². The summed E-state index contributed by atoms with van der Waals surface area (Å²) in [5.41, 5.74) is 1.30. The van der Waals surface area contributed by atoms with Gasteiger partial charge in [0.15, 0.2) is 12.4 Å². The number of ether oxygens (including phenoxy) is 1. The highest BCUT2D eigenvalue weighted by molar-refractivity contribution is 7.89. The van der Waals surface area contributed by atoms with Crippen molar-refractivity contribution in [3.63, 3.8) is 0 Å². The first kappa shape index (κ1) is 21.6. The van der Waals surface area contributed by atoms with E-state index in [2.05, 4.69) is 10.5 Å². The van der Waals surface area contributed by atoms with Crippen molar-refractivity contribution in [1.82, 2.24) is 10.5 Å². The normalized spacial score (nSPS) is 12.6. The molecule has 3 N–H and O–H groups in total. The van der Waals surface area contributed by atoms with Gasteiger partial charge in [0.1, 0.15) is 5.56 Å². The number of esters is 1. The second-order valence-corrected chi connectivity index (χ2v) is 8.20. The molecule has 0 saturated heterocycles. The number of nitrogens with one attached hydrogen (secondary N) is 1. The van der Waals surface area contributed by atoms with Crippen LogP contribution in [0.5, 0.6) is 0 Å². The molecule has 10 heteroatoms. The van der Waals surface area contributed by atoms with Gasteiger partial charge in [-0.1, -0.05) is 31.1 Å². The van der Waals surface area contributed by atoms with E-state index in [-0.39, 0.29) is 16.4 Å². The maximum absolute atomic E-state index is 12.3. The van der Waals surface area contributed by atoms with Gasteiger partial charge in [-0.3, -0.25) is 4.79 Å². The molecule has 0 radical (unpaired) electrons. The molecule has 1 heterocycles. The summed E-state index contributed by atoms with van der Waals surface area (Å²) in [6.45, 7) is 6.57. The van der Waals surface area contributed by atoms with Gasteiger partial charge in [0.05, 0.1) is 16.6 Å². The lowest BCUT2D eigenvalue weighted by molar-refractivity contribution is -0.124. The molecule has 9 nitrogen and oxygen atoms in total. The molecule has 0 fully saturated rings. The van der Waals surface area contributed by atoms with Gasteiger partial charge in [-0.05, 0) is 31.5 Å². The number of rotatable bonds is 7. The van der Waals surface area contributed by atoms with E-state index in [1.165, 1.54) is 12.1 Å². The van der Waals surface area contributed by atoms with Crippen LogP contribution in [0.15, 0.2) is 33.7 Å². The summed E-state index contributed by atoms with van der Waals surface area (Å²) in [5, 5.41) is 11.5. The molecule has 0 saturated carbocycles. The summed E-state index contributed by atoms with van der Waals surface area (Å²) >= 11 is 0. The topological polar surface area (TPSA) is 142 Å². The highest BCUT2D eigenvalue weighted by Crippen LogP contribution is 2.23. The number of nitrogens with zero attached hydrogens (tertiary/aromatic N) is 1. The van der Waals surface area contributed by atoms with E-state index in [9.17, 15) is 18.0 Å². The molecule has 1 aromatic carbocycles. The predicted octanol–water partition coefficient (Wildman–Crippen LogP) is 1.79. The summed E-state index contributed by atoms with van der Waals surface area (Å²) < 4.78 is 32.8. The Morgan fingerprint density at radius 2 is 1.82 bits per heavy atom. The number of sulfonamides is 1. The van der Waals surface area contributed by atoms with Crippen LogP contribution in [0.3, 0.4) is 0 Å². The van der Waals surface area contributed by atoms with Crippen molar-refractivity contribution in [3.05, 3.63) is 46.8 Å². The minimum Gasteiger partial charge on any atom is -0.452 e. The highest BCUT2D eigenvalue weighted by Gasteiger charge is 2.24. The second kappa shape index (κ2) is 8.53. The Hall–Kier alpha value is -2.72. The Kier molecular flexibility index (Phi) is 6.57. The Labute approximate surface area is 163 Å². The summed E-state index contributed by atoms with van der Waals surface area (Å²) in [6.07, 6.45) is 0. The molecule has 1 amide bonds. The molecule has 0 aliphatic rings. The van der Waals surface area contributed by atoms with E-state index in [1.54, 1.807) is 26.0 Å². The van der Waals surface area contributed by atoms with Crippen molar-refractivity contribution in [2.75, 3.05) is 6.61 Å². The van der Waals surface area contributed by atoms with Gasteiger partial charge in [0.25, 0.3) is 5.91 Å². The fourth-order valence-electron chi connectivity index (χ4n) is 2.55. The zero-order chi connectivity index (χ0) is 21.1. The molecule has 1 atom stereocenters.